The predicted molar refractivity (Wildman–Crippen MR) is 190 cm³/mol. The third-order valence-electron chi connectivity index (χ3n) is 2.67. The Kier molecular flexibility index (Phi) is 103. The van der Waals surface area contributed by atoms with Crippen molar-refractivity contribution < 1.29 is 0 Å². The van der Waals surface area contributed by atoms with Crippen LogP contribution in [0.2, 0.25) is 0 Å². The zero-order valence-corrected chi connectivity index (χ0v) is 27.3. The highest BCUT2D eigenvalue weighted by Crippen LogP contribution is 1.81. The van der Waals surface area contributed by atoms with Gasteiger partial charge in [-0.3, -0.25) is 0 Å². The van der Waals surface area contributed by atoms with Gasteiger partial charge in [-0.15, -0.1) is 0 Å². The van der Waals surface area contributed by atoms with Gasteiger partial charge >= 0.3 is 0 Å². The number of benzene rings is 4. The highest BCUT2D eigenvalue weighted by molar-refractivity contribution is 5.00. The van der Waals surface area contributed by atoms with Crippen LogP contribution in [0.5, 0.6) is 0 Å². The summed E-state index contributed by atoms with van der Waals surface area (Å²) in [4.78, 5) is 0. The maximum atomic E-state index is 2.12. The maximum absolute atomic E-state index is 2.12. The van der Waals surface area contributed by atoms with Crippen molar-refractivity contribution in [1.29, 1.82) is 0 Å². The van der Waals surface area contributed by atoms with Crippen molar-refractivity contribution in [2.75, 3.05) is 0 Å². The summed E-state index contributed by atoms with van der Waals surface area (Å²) in [7, 11) is 0. The lowest BCUT2D eigenvalue weighted by molar-refractivity contribution is 1.09. The fraction of sp³-hybridized carbons (Fsp3) is 0.385. The molecular weight excluding hydrogens is 468 g/mol. The molecule has 0 aromatic heterocycles. The smallest absolute Gasteiger partial charge is 0.0590 e. The van der Waals surface area contributed by atoms with E-state index in [0.717, 1.165) is 0 Å². The molecule has 224 valence electrons. The highest BCUT2D eigenvalue weighted by Gasteiger charge is 1.59. The molecule has 4 aromatic carbocycles. The van der Waals surface area contributed by atoms with Crippen LogP contribution in [-0.2, 0) is 0 Å². The van der Waals surface area contributed by atoms with E-state index in [1.54, 1.807) is 0 Å². The molecule has 0 N–H and O–H groups in total. The molecule has 0 aliphatic rings. The van der Waals surface area contributed by atoms with Gasteiger partial charge in [0.15, 0.2) is 0 Å². The molecule has 0 heterocycles. The Bertz CT molecular complexity index is 442. The van der Waals surface area contributed by atoms with Crippen molar-refractivity contribution in [2.24, 2.45) is 0 Å². The Labute approximate surface area is 248 Å². The van der Waals surface area contributed by atoms with E-state index in [1.807, 2.05) is 201 Å². The Hall–Kier alpha value is -3.12. The van der Waals surface area contributed by atoms with Gasteiger partial charge in [0.1, 0.15) is 0 Å². The SMILES string of the molecule is C.CC.CC.CC.CC.CCC.CCC.c1ccccc1.c1ccccc1.c1ccccc1.c1ccccc1. The third kappa shape index (κ3) is 86.5. The van der Waals surface area contributed by atoms with Gasteiger partial charge in [-0.2, -0.15) is 0 Å². The fourth-order valence-corrected chi connectivity index (χ4v) is 1.54. The van der Waals surface area contributed by atoms with Crippen molar-refractivity contribution in [1.82, 2.24) is 0 Å². The van der Waals surface area contributed by atoms with E-state index < -0.39 is 0 Å². The lowest BCUT2D eigenvalue weighted by Gasteiger charge is -1.69. The van der Waals surface area contributed by atoms with E-state index in [2.05, 4.69) is 27.7 Å². The van der Waals surface area contributed by atoms with Crippen LogP contribution in [-0.4, -0.2) is 0 Å². The van der Waals surface area contributed by atoms with E-state index in [4.69, 9.17) is 0 Å². The second kappa shape index (κ2) is 76.5. The quantitative estimate of drug-likeness (QED) is 0.209. The molecule has 0 heteroatoms. The van der Waals surface area contributed by atoms with Crippen LogP contribution in [0.4, 0.5) is 0 Å². The molecule has 0 amide bonds. The average molecular weight is 537 g/mol. The summed E-state index contributed by atoms with van der Waals surface area (Å²) in [6.07, 6.45) is 2.50. The Balaban J connectivity index is -0.0000000606. The summed E-state index contributed by atoms with van der Waals surface area (Å²) < 4.78 is 0. The standard InChI is InChI=1S/4C6H6.2C3H8.4C2H6.CH4/c4*1-2-4-6-5-3-1;2*1-3-2;4*1-2;/h4*1-6H;2*3H2,1-2H3;4*1-2H3;1H4. The monoisotopic (exact) mass is 537 g/mol. The van der Waals surface area contributed by atoms with Crippen molar-refractivity contribution in [3.05, 3.63) is 146 Å². The normalized spacial score (nSPS) is 6.46. The molecule has 0 saturated carbocycles. The van der Waals surface area contributed by atoms with Gasteiger partial charge in [0.25, 0.3) is 0 Å². The van der Waals surface area contributed by atoms with E-state index in [9.17, 15) is 0 Å². The zero-order valence-electron chi connectivity index (χ0n) is 27.3. The van der Waals surface area contributed by atoms with Gasteiger partial charge in [0.05, 0.1) is 0 Å². The first-order chi connectivity index (χ1) is 18.8. The summed E-state index contributed by atoms with van der Waals surface area (Å²) in [6.45, 7) is 24.5. The summed E-state index contributed by atoms with van der Waals surface area (Å²) in [5.74, 6) is 0. The molecule has 39 heavy (non-hydrogen) atoms. The molecule has 0 aliphatic heterocycles. The Morgan fingerprint density at radius 1 is 0.205 bits per heavy atom. The van der Waals surface area contributed by atoms with Crippen LogP contribution in [0.15, 0.2) is 146 Å². The molecule has 0 bridgehead atoms. The van der Waals surface area contributed by atoms with Gasteiger partial charge in [-0.1, -0.05) is 249 Å². The molecule has 0 fully saturated rings. The zero-order chi connectivity index (χ0) is 30.4. The summed E-state index contributed by atoms with van der Waals surface area (Å²) in [6, 6.07) is 48.0. The largest absolute Gasteiger partial charge is 0.0776 e. The van der Waals surface area contributed by atoms with Crippen LogP contribution in [0.3, 0.4) is 0 Å². The van der Waals surface area contributed by atoms with Crippen LogP contribution >= 0.6 is 0 Å². The van der Waals surface area contributed by atoms with Crippen molar-refractivity contribution in [3.8, 4) is 0 Å². The first-order valence-corrected chi connectivity index (χ1v) is 14.8. The molecule has 0 aliphatic carbocycles. The van der Waals surface area contributed by atoms with Gasteiger partial charge in [0, 0.05) is 0 Å². The summed E-state index contributed by atoms with van der Waals surface area (Å²) in [5.41, 5.74) is 0. The molecule has 0 nitrogen and oxygen atoms in total. The van der Waals surface area contributed by atoms with E-state index in [0.29, 0.717) is 0 Å². The van der Waals surface area contributed by atoms with Gasteiger partial charge in [-0.25, -0.2) is 0 Å². The van der Waals surface area contributed by atoms with Crippen molar-refractivity contribution in [2.45, 2.75) is 103 Å². The van der Waals surface area contributed by atoms with E-state index in [1.165, 1.54) is 12.8 Å². The van der Waals surface area contributed by atoms with E-state index >= 15 is 0 Å². The van der Waals surface area contributed by atoms with Gasteiger partial charge in [-0.05, 0) is 0 Å². The molecule has 0 spiro atoms. The molecule has 4 aromatic rings. The minimum atomic E-state index is 0. The molecule has 0 unspecified atom stereocenters. The second-order valence-electron chi connectivity index (χ2n) is 6.03. The molecule has 0 radical (unpaired) electrons. The molecule has 0 saturated heterocycles. The van der Waals surface area contributed by atoms with Crippen LogP contribution in [0.25, 0.3) is 0 Å². The van der Waals surface area contributed by atoms with Gasteiger partial charge in [0.2, 0.25) is 0 Å². The lowest BCUT2D eigenvalue weighted by atomic mass is 10.4. The first kappa shape index (κ1) is 52.3. The minimum absolute atomic E-state index is 0. The summed E-state index contributed by atoms with van der Waals surface area (Å²) >= 11 is 0. The average Bonchev–Trinajstić information content (AvgIpc) is 3.06. The highest BCUT2D eigenvalue weighted by atomic mass is 13.7. The number of hydrogen-bond donors (Lipinski definition) is 0. The maximum Gasteiger partial charge on any atom is -0.0590 e. The van der Waals surface area contributed by atoms with E-state index in [-0.39, 0.29) is 7.43 Å². The Morgan fingerprint density at radius 2 is 0.231 bits per heavy atom. The predicted octanol–water partition coefficient (Wildman–Crippen LogP) is 14.3. The second-order valence-corrected chi connectivity index (χ2v) is 6.03. The van der Waals surface area contributed by atoms with Crippen LogP contribution < -0.4 is 0 Å². The molecule has 4 rings (SSSR count). The Morgan fingerprint density at radius 3 is 0.256 bits per heavy atom. The topological polar surface area (TPSA) is 0 Å². The molecular formula is C39H68. The van der Waals surface area contributed by atoms with Crippen molar-refractivity contribution in [3.63, 3.8) is 0 Å². The van der Waals surface area contributed by atoms with Crippen LogP contribution in [0.1, 0.15) is 103 Å². The van der Waals surface area contributed by atoms with Crippen molar-refractivity contribution >= 4 is 0 Å². The molecule has 0 atom stereocenters. The lowest BCUT2D eigenvalue weighted by Crippen LogP contribution is -1.47. The van der Waals surface area contributed by atoms with Gasteiger partial charge < -0.3 is 0 Å². The van der Waals surface area contributed by atoms with Crippen LogP contribution in [0, 0.1) is 0 Å². The number of hydrogen-bond acceptors (Lipinski definition) is 0. The minimum Gasteiger partial charge on any atom is -0.0776 e. The third-order valence-corrected chi connectivity index (χ3v) is 2.67. The number of rotatable bonds is 0. The summed E-state index contributed by atoms with van der Waals surface area (Å²) in [5, 5.41) is 0. The fourth-order valence-electron chi connectivity index (χ4n) is 1.54. The first-order valence-electron chi connectivity index (χ1n) is 14.8.